The van der Waals surface area contributed by atoms with Crippen molar-refractivity contribution >= 4 is 0 Å². The van der Waals surface area contributed by atoms with Crippen molar-refractivity contribution < 1.29 is 31.1 Å². The lowest BCUT2D eigenvalue weighted by atomic mass is 9.96. The number of alkyl halides is 6. The van der Waals surface area contributed by atoms with Crippen LogP contribution in [0.3, 0.4) is 0 Å². The molecule has 0 bridgehead atoms. The third-order valence-corrected chi connectivity index (χ3v) is 3.25. The van der Waals surface area contributed by atoms with Crippen LogP contribution >= 0.6 is 0 Å². The third kappa shape index (κ3) is 4.41. The Morgan fingerprint density at radius 3 is 2.17 bits per heavy atom. The molecule has 2 rings (SSSR count). The van der Waals surface area contributed by atoms with Gasteiger partial charge in [0.1, 0.15) is 5.75 Å². The highest BCUT2D eigenvalue weighted by Crippen LogP contribution is 2.38. The lowest BCUT2D eigenvalue weighted by molar-refractivity contribution is -0.274. The van der Waals surface area contributed by atoms with Gasteiger partial charge in [-0.1, -0.05) is 30.3 Å². The van der Waals surface area contributed by atoms with Crippen LogP contribution in [0.15, 0.2) is 42.5 Å². The van der Waals surface area contributed by atoms with Crippen molar-refractivity contribution in [3.05, 3.63) is 53.6 Å². The molecule has 0 unspecified atom stereocenters. The quantitative estimate of drug-likeness (QED) is 0.807. The van der Waals surface area contributed by atoms with E-state index in [0.717, 1.165) is 18.2 Å². The molecule has 0 aliphatic rings. The third-order valence-electron chi connectivity index (χ3n) is 3.25. The average molecular weight is 349 g/mol. The van der Waals surface area contributed by atoms with Crippen LogP contribution in [0.25, 0.3) is 11.1 Å². The van der Waals surface area contributed by atoms with Gasteiger partial charge in [-0.15, -0.1) is 13.2 Å². The van der Waals surface area contributed by atoms with Crippen LogP contribution < -0.4 is 10.5 Å². The molecule has 0 spiro atoms. The van der Waals surface area contributed by atoms with Gasteiger partial charge < -0.3 is 10.5 Å². The van der Waals surface area contributed by atoms with Crippen LogP contribution in [0.2, 0.25) is 0 Å². The zero-order chi connectivity index (χ0) is 18.0. The Bertz CT molecular complexity index is 708. The highest BCUT2D eigenvalue weighted by atomic mass is 19.4. The summed E-state index contributed by atoms with van der Waals surface area (Å²) < 4.78 is 80.3. The molecule has 2 aromatic rings. The summed E-state index contributed by atoms with van der Waals surface area (Å²) in [7, 11) is 0. The molecule has 0 heterocycles. The van der Waals surface area contributed by atoms with E-state index in [1.807, 2.05) is 0 Å². The minimum absolute atomic E-state index is 0.0206. The first-order chi connectivity index (χ1) is 11.1. The van der Waals surface area contributed by atoms with Crippen LogP contribution in [-0.4, -0.2) is 12.9 Å². The molecular weight excluding hydrogens is 336 g/mol. The second kappa shape index (κ2) is 6.72. The molecule has 0 aromatic heterocycles. The normalized spacial score (nSPS) is 12.3. The van der Waals surface area contributed by atoms with Gasteiger partial charge >= 0.3 is 12.5 Å². The summed E-state index contributed by atoms with van der Waals surface area (Å²) in [5.41, 5.74) is 4.63. The van der Waals surface area contributed by atoms with Gasteiger partial charge in [-0.2, -0.15) is 13.2 Å². The summed E-state index contributed by atoms with van der Waals surface area (Å²) >= 11 is 0. The molecule has 0 radical (unpaired) electrons. The molecule has 0 amide bonds. The summed E-state index contributed by atoms with van der Waals surface area (Å²) in [5.74, 6) is -0.483. The number of halogens is 6. The summed E-state index contributed by atoms with van der Waals surface area (Å²) in [5, 5.41) is 0. The monoisotopic (exact) mass is 349 g/mol. The topological polar surface area (TPSA) is 35.2 Å². The molecule has 24 heavy (non-hydrogen) atoms. The number of hydrogen-bond acceptors (Lipinski definition) is 2. The Morgan fingerprint density at radius 1 is 0.917 bits per heavy atom. The Labute approximate surface area is 133 Å². The Balaban J connectivity index is 2.52. The van der Waals surface area contributed by atoms with Crippen LogP contribution in [0.5, 0.6) is 5.75 Å². The van der Waals surface area contributed by atoms with E-state index < -0.39 is 23.9 Å². The van der Waals surface area contributed by atoms with Gasteiger partial charge in [-0.05, 0) is 36.2 Å². The molecule has 0 aliphatic carbocycles. The van der Waals surface area contributed by atoms with Gasteiger partial charge in [0.15, 0.2) is 0 Å². The molecule has 0 saturated heterocycles. The molecule has 2 N–H and O–H groups in total. The van der Waals surface area contributed by atoms with E-state index in [9.17, 15) is 26.3 Å². The number of rotatable bonds is 4. The van der Waals surface area contributed by atoms with Crippen molar-refractivity contribution in [1.29, 1.82) is 0 Å². The minimum atomic E-state index is -4.90. The zero-order valence-electron chi connectivity index (χ0n) is 12.2. The van der Waals surface area contributed by atoms with Gasteiger partial charge in [0.25, 0.3) is 0 Å². The van der Waals surface area contributed by atoms with Crippen LogP contribution in [0, 0.1) is 0 Å². The van der Waals surface area contributed by atoms with E-state index in [0.29, 0.717) is 0 Å². The fraction of sp³-hybridized carbons (Fsp3) is 0.250. The molecule has 2 nitrogen and oxygen atoms in total. The number of hydrogen-bond donors (Lipinski definition) is 1. The first-order valence-electron chi connectivity index (χ1n) is 6.87. The van der Waals surface area contributed by atoms with Crippen molar-refractivity contribution in [2.24, 2.45) is 5.73 Å². The van der Waals surface area contributed by atoms with E-state index >= 15 is 0 Å². The number of para-hydroxylation sites is 1. The molecule has 0 atom stereocenters. The molecule has 0 saturated carbocycles. The van der Waals surface area contributed by atoms with Crippen LogP contribution in [0.1, 0.15) is 11.1 Å². The van der Waals surface area contributed by atoms with Crippen molar-refractivity contribution in [2.45, 2.75) is 19.0 Å². The fourth-order valence-corrected chi connectivity index (χ4v) is 2.32. The zero-order valence-corrected chi connectivity index (χ0v) is 12.2. The summed E-state index contributed by atoms with van der Waals surface area (Å²) in [6.07, 6.45) is -9.52. The van der Waals surface area contributed by atoms with Crippen molar-refractivity contribution in [2.75, 3.05) is 6.54 Å². The number of ether oxygens (including phenoxy) is 1. The van der Waals surface area contributed by atoms with Gasteiger partial charge in [0, 0.05) is 5.56 Å². The van der Waals surface area contributed by atoms with Gasteiger partial charge in [-0.25, -0.2) is 0 Å². The summed E-state index contributed by atoms with van der Waals surface area (Å²) in [4.78, 5) is 0. The predicted molar refractivity (Wildman–Crippen MR) is 76.3 cm³/mol. The minimum Gasteiger partial charge on any atom is -0.405 e. The number of benzene rings is 2. The van der Waals surface area contributed by atoms with E-state index in [2.05, 4.69) is 4.74 Å². The Hall–Kier alpha value is -2.22. The second-order valence-electron chi connectivity index (χ2n) is 4.95. The van der Waals surface area contributed by atoms with Crippen molar-refractivity contribution in [3.63, 3.8) is 0 Å². The molecule has 8 heteroatoms. The van der Waals surface area contributed by atoms with Crippen molar-refractivity contribution in [3.8, 4) is 16.9 Å². The van der Waals surface area contributed by atoms with Crippen LogP contribution in [-0.2, 0) is 12.6 Å². The standard InChI is InChI=1S/C16H13F6NO/c17-15(18,19)13-6-5-10(9-11(13)7-8-23)12-3-1-2-4-14(12)24-16(20,21)22/h1-6,9H,7-8,23H2. The lowest BCUT2D eigenvalue weighted by Gasteiger charge is -2.16. The summed E-state index contributed by atoms with van der Waals surface area (Å²) in [6, 6.07) is 8.40. The van der Waals surface area contributed by atoms with E-state index in [1.54, 1.807) is 0 Å². The fourth-order valence-electron chi connectivity index (χ4n) is 2.32. The van der Waals surface area contributed by atoms with Crippen molar-refractivity contribution in [1.82, 2.24) is 0 Å². The maximum absolute atomic E-state index is 13.0. The largest absolute Gasteiger partial charge is 0.573 e. The first kappa shape index (κ1) is 18.1. The smallest absolute Gasteiger partial charge is 0.405 e. The highest BCUT2D eigenvalue weighted by molar-refractivity contribution is 5.71. The van der Waals surface area contributed by atoms with Crippen LogP contribution in [0.4, 0.5) is 26.3 Å². The van der Waals surface area contributed by atoms with E-state index in [1.165, 1.54) is 24.3 Å². The second-order valence-corrected chi connectivity index (χ2v) is 4.95. The first-order valence-corrected chi connectivity index (χ1v) is 6.87. The molecule has 0 fully saturated rings. The SMILES string of the molecule is NCCc1cc(-c2ccccc2OC(F)(F)F)ccc1C(F)(F)F. The van der Waals surface area contributed by atoms with E-state index in [-0.39, 0.29) is 29.7 Å². The van der Waals surface area contributed by atoms with Gasteiger partial charge in [-0.3, -0.25) is 0 Å². The maximum Gasteiger partial charge on any atom is 0.573 e. The number of nitrogens with two attached hydrogens (primary N) is 1. The molecule has 130 valence electrons. The lowest BCUT2D eigenvalue weighted by Crippen LogP contribution is -2.17. The Kier molecular flexibility index (Phi) is 5.08. The summed E-state index contributed by atoms with van der Waals surface area (Å²) in [6.45, 7) is -0.0206. The molecular formula is C16H13F6NO. The van der Waals surface area contributed by atoms with Gasteiger partial charge in [0.2, 0.25) is 0 Å². The predicted octanol–water partition coefficient (Wildman–Crippen LogP) is 4.77. The Morgan fingerprint density at radius 2 is 1.58 bits per heavy atom. The van der Waals surface area contributed by atoms with Gasteiger partial charge in [0.05, 0.1) is 5.56 Å². The molecule has 2 aromatic carbocycles. The highest BCUT2D eigenvalue weighted by Gasteiger charge is 2.34. The maximum atomic E-state index is 13.0. The van der Waals surface area contributed by atoms with E-state index in [4.69, 9.17) is 5.73 Å². The molecule has 0 aliphatic heterocycles. The average Bonchev–Trinajstić information content (AvgIpc) is 2.45.